The minimum atomic E-state index is -0.0111. The van der Waals surface area contributed by atoms with E-state index in [4.69, 9.17) is 0 Å². The monoisotopic (exact) mass is 157 g/mol. The number of piperidine rings is 1. The van der Waals surface area contributed by atoms with Crippen molar-refractivity contribution in [1.82, 2.24) is 0 Å². The topological polar surface area (TPSA) is 23.1 Å². The summed E-state index contributed by atoms with van der Waals surface area (Å²) >= 11 is 0. The maximum Gasteiger partial charge on any atom is 0.0812 e. The van der Waals surface area contributed by atoms with Gasteiger partial charge in [-0.2, -0.15) is 0 Å². The second kappa shape index (κ2) is 3.11. The first kappa shape index (κ1) is 9.01. The summed E-state index contributed by atoms with van der Waals surface area (Å²) in [5.41, 5.74) is 0. The van der Waals surface area contributed by atoms with Crippen LogP contribution in [0.15, 0.2) is 0 Å². The first-order valence-corrected chi connectivity index (χ1v) is 4.57. The molecule has 1 rings (SSSR count). The van der Waals surface area contributed by atoms with Gasteiger partial charge in [0.1, 0.15) is 0 Å². The molecule has 1 fully saturated rings. The van der Waals surface area contributed by atoms with Crippen molar-refractivity contribution in [3.05, 3.63) is 5.21 Å². The Labute approximate surface area is 69.4 Å². The van der Waals surface area contributed by atoms with E-state index < -0.39 is 0 Å². The average Bonchev–Trinajstić information content (AvgIpc) is 1.85. The van der Waals surface area contributed by atoms with Crippen LogP contribution in [-0.4, -0.2) is 24.8 Å². The Bertz CT molecular complexity index is 132. The predicted octanol–water partition coefficient (Wildman–Crippen LogP) is 2.00. The molecule has 1 aliphatic heterocycles. The van der Waals surface area contributed by atoms with E-state index in [-0.39, 0.29) is 4.65 Å². The lowest BCUT2D eigenvalue weighted by molar-refractivity contribution is -0.870. The van der Waals surface area contributed by atoms with E-state index in [9.17, 15) is 5.21 Å². The van der Waals surface area contributed by atoms with Crippen molar-refractivity contribution >= 4 is 0 Å². The lowest BCUT2D eigenvalue weighted by Gasteiger charge is -2.45. The number of nitrogens with zero attached hydrogens (tertiary/aromatic N) is 1. The van der Waals surface area contributed by atoms with Gasteiger partial charge in [0.2, 0.25) is 0 Å². The Morgan fingerprint density at radius 3 is 2.45 bits per heavy atom. The molecule has 2 nitrogen and oxygen atoms in total. The van der Waals surface area contributed by atoms with E-state index in [0.29, 0.717) is 11.8 Å². The van der Waals surface area contributed by atoms with Gasteiger partial charge in [0.15, 0.2) is 0 Å². The van der Waals surface area contributed by atoms with Gasteiger partial charge < -0.3 is 9.85 Å². The Morgan fingerprint density at radius 2 is 2.09 bits per heavy atom. The highest BCUT2D eigenvalue weighted by Crippen LogP contribution is 2.26. The highest BCUT2D eigenvalue weighted by Gasteiger charge is 2.26. The molecule has 0 spiro atoms. The maximum absolute atomic E-state index is 11.6. The lowest BCUT2D eigenvalue weighted by Crippen LogP contribution is -2.47. The first-order chi connectivity index (χ1) is 5.01. The van der Waals surface area contributed by atoms with E-state index >= 15 is 0 Å². The SMILES string of the molecule is CC(C)C1CCC[N+](C)([O-])C1. The molecule has 1 heterocycles. The van der Waals surface area contributed by atoms with Crippen LogP contribution in [0.1, 0.15) is 26.7 Å². The van der Waals surface area contributed by atoms with Crippen molar-refractivity contribution in [3.63, 3.8) is 0 Å². The smallest absolute Gasteiger partial charge is 0.0812 e. The summed E-state index contributed by atoms with van der Waals surface area (Å²) in [6.07, 6.45) is 2.37. The molecule has 0 aromatic carbocycles. The van der Waals surface area contributed by atoms with Crippen molar-refractivity contribution in [2.45, 2.75) is 26.7 Å². The van der Waals surface area contributed by atoms with Gasteiger partial charge in [-0.3, -0.25) is 0 Å². The van der Waals surface area contributed by atoms with Crippen LogP contribution in [0.5, 0.6) is 0 Å². The van der Waals surface area contributed by atoms with E-state index in [2.05, 4.69) is 13.8 Å². The van der Waals surface area contributed by atoms with Gasteiger partial charge >= 0.3 is 0 Å². The molecular weight excluding hydrogens is 138 g/mol. The molecule has 2 unspecified atom stereocenters. The Morgan fingerprint density at radius 1 is 1.45 bits per heavy atom. The highest BCUT2D eigenvalue weighted by molar-refractivity contribution is 4.67. The summed E-state index contributed by atoms with van der Waals surface area (Å²) in [6.45, 7) is 6.09. The van der Waals surface area contributed by atoms with Gasteiger partial charge in [0.25, 0.3) is 0 Å². The predicted molar refractivity (Wildman–Crippen MR) is 46.8 cm³/mol. The Hall–Kier alpha value is -0.0800. The van der Waals surface area contributed by atoms with Crippen LogP contribution in [0.3, 0.4) is 0 Å². The van der Waals surface area contributed by atoms with Gasteiger partial charge in [-0.1, -0.05) is 13.8 Å². The van der Waals surface area contributed by atoms with Crippen molar-refractivity contribution in [2.24, 2.45) is 11.8 Å². The zero-order valence-electron chi connectivity index (χ0n) is 7.84. The Kier molecular flexibility index (Phi) is 2.55. The summed E-state index contributed by atoms with van der Waals surface area (Å²) in [4.78, 5) is 0. The molecule has 2 heteroatoms. The lowest BCUT2D eigenvalue weighted by atomic mass is 9.88. The van der Waals surface area contributed by atoms with Crippen LogP contribution in [0.2, 0.25) is 0 Å². The zero-order valence-corrected chi connectivity index (χ0v) is 7.84. The molecule has 11 heavy (non-hydrogen) atoms. The summed E-state index contributed by atoms with van der Waals surface area (Å²) in [5.74, 6) is 1.34. The molecule has 0 saturated carbocycles. The molecule has 0 N–H and O–H groups in total. The fourth-order valence-electron chi connectivity index (χ4n) is 1.91. The average molecular weight is 157 g/mol. The van der Waals surface area contributed by atoms with E-state index in [1.165, 1.54) is 6.42 Å². The zero-order chi connectivity index (χ0) is 8.48. The molecule has 0 radical (unpaired) electrons. The molecule has 0 amide bonds. The molecule has 1 saturated heterocycles. The van der Waals surface area contributed by atoms with Gasteiger partial charge in [0, 0.05) is 5.92 Å². The molecule has 2 atom stereocenters. The van der Waals surface area contributed by atoms with Crippen LogP contribution in [-0.2, 0) is 0 Å². The van der Waals surface area contributed by atoms with E-state index in [0.717, 1.165) is 19.5 Å². The van der Waals surface area contributed by atoms with Crippen LogP contribution in [0, 0.1) is 17.0 Å². The number of likely N-dealkylation sites (tertiary alicyclic amines) is 1. The third kappa shape index (κ3) is 2.46. The van der Waals surface area contributed by atoms with Crippen molar-refractivity contribution in [1.29, 1.82) is 0 Å². The molecule has 0 bridgehead atoms. The van der Waals surface area contributed by atoms with Crippen LogP contribution >= 0.6 is 0 Å². The van der Waals surface area contributed by atoms with Gasteiger partial charge in [-0.15, -0.1) is 0 Å². The minimum Gasteiger partial charge on any atom is -0.633 e. The fourth-order valence-corrected chi connectivity index (χ4v) is 1.91. The highest BCUT2D eigenvalue weighted by atomic mass is 16.5. The summed E-state index contributed by atoms with van der Waals surface area (Å²) < 4.78 is -0.0111. The quantitative estimate of drug-likeness (QED) is 0.421. The van der Waals surface area contributed by atoms with Gasteiger partial charge in [-0.25, -0.2) is 0 Å². The maximum atomic E-state index is 11.6. The molecule has 0 aliphatic carbocycles. The molecule has 0 aromatic rings. The van der Waals surface area contributed by atoms with Crippen LogP contribution in [0.25, 0.3) is 0 Å². The van der Waals surface area contributed by atoms with Crippen LogP contribution < -0.4 is 0 Å². The van der Waals surface area contributed by atoms with E-state index in [1.54, 1.807) is 7.05 Å². The second-order valence-corrected chi connectivity index (χ2v) is 4.35. The number of rotatable bonds is 1. The van der Waals surface area contributed by atoms with Gasteiger partial charge in [0.05, 0.1) is 20.1 Å². The second-order valence-electron chi connectivity index (χ2n) is 4.35. The minimum absolute atomic E-state index is 0.0111. The van der Waals surface area contributed by atoms with Crippen molar-refractivity contribution in [3.8, 4) is 0 Å². The largest absolute Gasteiger partial charge is 0.633 e. The molecule has 0 aromatic heterocycles. The molecule has 66 valence electrons. The molecule has 1 aliphatic rings. The third-order valence-corrected chi connectivity index (χ3v) is 2.77. The number of hydroxylamine groups is 3. The first-order valence-electron chi connectivity index (χ1n) is 4.57. The fraction of sp³-hybridized carbons (Fsp3) is 1.00. The number of quaternary nitrogens is 1. The van der Waals surface area contributed by atoms with Gasteiger partial charge in [-0.05, 0) is 18.8 Å². The van der Waals surface area contributed by atoms with Crippen LogP contribution in [0.4, 0.5) is 0 Å². The van der Waals surface area contributed by atoms with Crippen molar-refractivity contribution < 1.29 is 4.65 Å². The van der Waals surface area contributed by atoms with Crippen molar-refractivity contribution in [2.75, 3.05) is 20.1 Å². The summed E-state index contributed by atoms with van der Waals surface area (Å²) in [5, 5.41) is 11.6. The number of hydrogen-bond acceptors (Lipinski definition) is 1. The normalized spacial score (nSPS) is 39.5. The number of hydrogen-bond donors (Lipinski definition) is 0. The summed E-state index contributed by atoms with van der Waals surface area (Å²) in [6, 6.07) is 0. The molecular formula is C9H19NO. The Balaban J connectivity index is 2.46. The summed E-state index contributed by atoms with van der Waals surface area (Å²) in [7, 11) is 1.80. The standard InChI is InChI=1S/C9H19NO/c1-8(2)9-5-4-6-10(3,11)7-9/h8-9H,4-7H2,1-3H3. The third-order valence-electron chi connectivity index (χ3n) is 2.77. The van der Waals surface area contributed by atoms with E-state index in [1.807, 2.05) is 0 Å².